The zero-order valence-electron chi connectivity index (χ0n) is 11.6. The molecule has 108 valence electrons. The number of aliphatic hydroxyl groups is 1. The lowest BCUT2D eigenvalue weighted by atomic mass is 10.1. The first kappa shape index (κ1) is 13.8. The molecule has 2 N–H and O–H groups in total. The lowest BCUT2D eigenvalue weighted by molar-refractivity contribution is 0.191. The molecular weight excluding hydrogens is 288 g/mol. The molecule has 0 aliphatic carbocycles. The Morgan fingerprint density at radius 3 is 2.90 bits per heavy atom. The molecule has 2 aromatic heterocycles. The van der Waals surface area contributed by atoms with E-state index in [4.69, 9.17) is 4.74 Å². The Kier molecular flexibility index (Phi) is 3.76. The lowest BCUT2D eigenvalue weighted by Gasteiger charge is -2.15. The summed E-state index contributed by atoms with van der Waals surface area (Å²) in [6, 6.07) is 5.65. The van der Waals surface area contributed by atoms with Gasteiger partial charge in [-0.3, -0.25) is 0 Å². The van der Waals surface area contributed by atoms with Crippen LogP contribution in [0.25, 0.3) is 11.2 Å². The van der Waals surface area contributed by atoms with Gasteiger partial charge in [-0.05, 0) is 19.1 Å². The van der Waals surface area contributed by atoms with Crippen molar-refractivity contribution in [3.63, 3.8) is 0 Å². The highest BCUT2D eigenvalue weighted by Crippen LogP contribution is 2.38. The van der Waals surface area contributed by atoms with Crippen LogP contribution in [0.4, 0.5) is 0 Å². The summed E-state index contributed by atoms with van der Waals surface area (Å²) >= 11 is 1.44. The first-order valence-electron chi connectivity index (χ1n) is 6.37. The van der Waals surface area contributed by atoms with E-state index in [0.717, 1.165) is 21.0 Å². The summed E-state index contributed by atoms with van der Waals surface area (Å²) in [6.07, 6.45) is 2.43. The van der Waals surface area contributed by atoms with Gasteiger partial charge < -0.3 is 14.8 Å². The van der Waals surface area contributed by atoms with Gasteiger partial charge in [0.1, 0.15) is 22.6 Å². The minimum atomic E-state index is -0.636. The number of H-pyrrole nitrogens is 1. The van der Waals surface area contributed by atoms with Crippen molar-refractivity contribution in [3.8, 4) is 5.75 Å². The zero-order chi connectivity index (χ0) is 14.8. The number of aromatic amines is 1. The number of benzene rings is 1. The van der Waals surface area contributed by atoms with Crippen LogP contribution in [-0.4, -0.2) is 32.2 Å². The molecule has 0 bridgehead atoms. The zero-order valence-corrected chi connectivity index (χ0v) is 12.4. The van der Waals surface area contributed by atoms with Gasteiger partial charge in [0, 0.05) is 10.5 Å². The van der Waals surface area contributed by atoms with Crippen LogP contribution in [0.3, 0.4) is 0 Å². The van der Waals surface area contributed by atoms with Gasteiger partial charge in [-0.15, -0.1) is 0 Å². The molecule has 0 fully saturated rings. The number of fused-ring (bicyclic) bond motifs is 1. The maximum absolute atomic E-state index is 10.0. The maximum Gasteiger partial charge on any atom is 0.181 e. The van der Waals surface area contributed by atoms with E-state index in [1.165, 1.54) is 18.1 Å². The number of nitrogens with zero attached hydrogens (tertiary/aromatic N) is 3. The molecule has 21 heavy (non-hydrogen) atoms. The molecule has 3 rings (SSSR count). The van der Waals surface area contributed by atoms with Crippen LogP contribution in [0.5, 0.6) is 5.75 Å². The number of nitrogens with one attached hydrogen (secondary N) is 1. The van der Waals surface area contributed by atoms with E-state index < -0.39 is 6.10 Å². The standard InChI is InChI=1S/C14H14N4O2S/c1-8(19)11-9(20-2)4-3-5-10(11)21-14-12-13(16-6-15-12)17-7-18-14/h3-8,19H,1-2H3,(H,15,16,17,18). The van der Waals surface area contributed by atoms with E-state index in [2.05, 4.69) is 19.9 Å². The Bertz CT molecular complexity index is 773. The lowest BCUT2D eigenvalue weighted by Crippen LogP contribution is -1.99. The number of aliphatic hydroxyl groups excluding tert-OH is 1. The van der Waals surface area contributed by atoms with Crippen molar-refractivity contribution >= 4 is 22.9 Å². The summed E-state index contributed by atoms with van der Waals surface area (Å²) in [6.45, 7) is 1.72. The predicted molar refractivity (Wildman–Crippen MR) is 79.4 cm³/mol. The number of hydrogen-bond donors (Lipinski definition) is 2. The van der Waals surface area contributed by atoms with Crippen molar-refractivity contribution in [2.45, 2.75) is 22.9 Å². The second-order valence-corrected chi connectivity index (χ2v) is 5.46. The van der Waals surface area contributed by atoms with Crippen molar-refractivity contribution in [1.29, 1.82) is 0 Å². The summed E-state index contributed by atoms with van der Waals surface area (Å²) in [5.74, 6) is 0.657. The minimum absolute atomic E-state index is 0.619. The third kappa shape index (κ3) is 2.57. The Morgan fingerprint density at radius 2 is 2.14 bits per heavy atom. The Morgan fingerprint density at radius 1 is 1.29 bits per heavy atom. The van der Waals surface area contributed by atoms with Crippen LogP contribution in [0.2, 0.25) is 0 Å². The molecule has 2 heterocycles. The number of ether oxygens (including phenoxy) is 1. The number of aromatic nitrogens is 4. The monoisotopic (exact) mass is 302 g/mol. The van der Waals surface area contributed by atoms with Crippen LogP contribution in [-0.2, 0) is 0 Å². The molecule has 0 saturated heterocycles. The van der Waals surface area contributed by atoms with Crippen molar-refractivity contribution < 1.29 is 9.84 Å². The topological polar surface area (TPSA) is 83.9 Å². The molecule has 1 aromatic carbocycles. The van der Waals surface area contributed by atoms with E-state index in [1.807, 2.05) is 18.2 Å². The molecule has 0 aliphatic heterocycles. The molecule has 0 saturated carbocycles. The third-order valence-corrected chi connectivity index (χ3v) is 4.14. The molecule has 0 amide bonds. The SMILES string of the molecule is COc1cccc(Sc2ncnc3nc[nH]c23)c1C(C)O. The average molecular weight is 302 g/mol. The van der Waals surface area contributed by atoms with Crippen molar-refractivity contribution in [3.05, 3.63) is 36.4 Å². The van der Waals surface area contributed by atoms with Gasteiger partial charge in [0.2, 0.25) is 0 Å². The Labute approximate surface area is 125 Å². The summed E-state index contributed by atoms with van der Waals surface area (Å²) in [5.41, 5.74) is 2.15. The Balaban J connectivity index is 2.07. The molecule has 7 heteroatoms. The van der Waals surface area contributed by atoms with Gasteiger partial charge in [-0.25, -0.2) is 15.0 Å². The van der Waals surface area contributed by atoms with Gasteiger partial charge in [-0.2, -0.15) is 0 Å². The van der Waals surface area contributed by atoms with Crippen molar-refractivity contribution in [1.82, 2.24) is 19.9 Å². The number of methoxy groups -OCH3 is 1. The third-order valence-electron chi connectivity index (χ3n) is 3.06. The fourth-order valence-corrected chi connectivity index (χ4v) is 3.22. The smallest absolute Gasteiger partial charge is 0.181 e. The molecule has 0 radical (unpaired) electrons. The van der Waals surface area contributed by atoms with Crippen LogP contribution in [0.15, 0.2) is 40.8 Å². The maximum atomic E-state index is 10.0. The second-order valence-electron chi connectivity index (χ2n) is 4.43. The molecule has 1 atom stereocenters. The van der Waals surface area contributed by atoms with E-state index in [0.29, 0.717) is 11.4 Å². The van der Waals surface area contributed by atoms with E-state index in [9.17, 15) is 5.11 Å². The molecule has 0 aliphatic rings. The van der Waals surface area contributed by atoms with Crippen LogP contribution in [0, 0.1) is 0 Å². The molecule has 3 aromatic rings. The largest absolute Gasteiger partial charge is 0.496 e. The fraction of sp³-hybridized carbons (Fsp3) is 0.214. The second kappa shape index (κ2) is 5.71. The number of rotatable bonds is 4. The normalized spacial score (nSPS) is 12.5. The average Bonchev–Trinajstić information content (AvgIpc) is 2.96. The summed E-state index contributed by atoms with van der Waals surface area (Å²) in [4.78, 5) is 16.4. The Hall–Kier alpha value is -2.12. The first-order chi connectivity index (χ1) is 10.2. The minimum Gasteiger partial charge on any atom is -0.496 e. The highest BCUT2D eigenvalue weighted by Gasteiger charge is 2.17. The molecule has 1 unspecified atom stereocenters. The highest BCUT2D eigenvalue weighted by atomic mass is 32.2. The van der Waals surface area contributed by atoms with Gasteiger partial charge in [0.25, 0.3) is 0 Å². The quantitative estimate of drug-likeness (QED) is 0.721. The highest BCUT2D eigenvalue weighted by molar-refractivity contribution is 7.99. The van der Waals surface area contributed by atoms with Crippen molar-refractivity contribution in [2.24, 2.45) is 0 Å². The van der Waals surface area contributed by atoms with E-state index in [-0.39, 0.29) is 0 Å². The molecule has 6 nitrogen and oxygen atoms in total. The fourth-order valence-electron chi connectivity index (χ4n) is 2.13. The van der Waals surface area contributed by atoms with Gasteiger partial charge in [0.05, 0.1) is 19.5 Å². The van der Waals surface area contributed by atoms with E-state index >= 15 is 0 Å². The summed E-state index contributed by atoms with van der Waals surface area (Å²) in [5, 5.41) is 10.8. The number of hydrogen-bond acceptors (Lipinski definition) is 6. The predicted octanol–water partition coefficient (Wildman–Crippen LogP) is 2.57. The molecule has 0 spiro atoms. The van der Waals surface area contributed by atoms with Gasteiger partial charge in [-0.1, -0.05) is 17.8 Å². The van der Waals surface area contributed by atoms with Crippen LogP contribution >= 0.6 is 11.8 Å². The van der Waals surface area contributed by atoms with E-state index in [1.54, 1.807) is 20.4 Å². The summed E-state index contributed by atoms with van der Waals surface area (Å²) in [7, 11) is 1.59. The number of imidazole rings is 1. The summed E-state index contributed by atoms with van der Waals surface area (Å²) < 4.78 is 5.33. The molecular formula is C14H14N4O2S. The van der Waals surface area contributed by atoms with Gasteiger partial charge >= 0.3 is 0 Å². The van der Waals surface area contributed by atoms with Gasteiger partial charge in [0.15, 0.2) is 5.65 Å². The van der Waals surface area contributed by atoms with Crippen molar-refractivity contribution in [2.75, 3.05) is 7.11 Å². The van der Waals surface area contributed by atoms with Crippen LogP contribution in [0.1, 0.15) is 18.6 Å². The van der Waals surface area contributed by atoms with Crippen LogP contribution < -0.4 is 4.74 Å². The first-order valence-corrected chi connectivity index (χ1v) is 7.19.